The number of hydrogen-bond donors (Lipinski definition) is 1. The summed E-state index contributed by atoms with van der Waals surface area (Å²) in [4.78, 5) is 22.1. The molecule has 0 fully saturated rings. The van der Waals surface area contributed by atoms with Crippen LogP contribution in [0.3, 0.4) is 0 Å². The number of H-pyrrole nitrogens is 1. The van der Waals surface area contributed by atoms with Gasteiger partial charge in [-0.15, -0.1) is 0 Å². The normalized spacial score (nSPS) is 10.2. The topological polar surface area (TPSA) is 67.9 Å². The van der Waals surface area contributed by atoms with Crippen molar-refractivity contribution in [3.8, 4) is 0 Å². The highest BCUT2D eigenvalue weighted by Crippen LogP contribution is 2.28. The Kier molecular flexibility index (Phi) is 5.10. The molecule has 18 heavy (non-hydrogen) atoms. The van der Waals surface area contributed by atoms with Crippen LogP contribution in [-0.2, 0) is 4.74 Å². The molecule has 0 aliphatic heterocycles. The molecule has 2 rings (SSSR count). The molecule has 0 aliphatic rings. The molecule has 5 nitrogen and oxygen atoms in total. The third-order valence-corrected chi connectivity index (χ3v) is 4.10. The second kappa shape index (κ2) is 7.07. The van der Waals surface area contributed by atoms with Crippen LogP contribution < -0.4 is 0 Å². The van der Waals surface area contributed by atoms with Gasteiger partial charge in [-0.1, -0.05) is 16.9 Å². The molecule has 0 bridgehead atoms. The Labute approximate surface area is 112 Å². The summed E-state index contributed by atoms with van der Waals surface area (Å²) in [7, 11) is 3.15. The van der Waals surface area contributed by atoms with Gasteiger partial charge in [0.2, 0.25) is 5.82 Å². The Morgan fingerprint density at radius 1 is 1.33 bits per heavy atom. The summed E-state index contributed by atoms with van der Waals surface area (Å²) in [5.41, 5.74) is 0. The number of aromatic amines is 1. The smallest absolute Gasteiger partial charge is 0.374 e. The van der Waals surface area contributed by atoms with Crippen LogP contribution in [0.4, 0.5) is 0 Å². The number of rotatable bonds is 6. The Hall–Kier alpha value is -1.47. The third kappa shape index (κ3) is 4.08. The average Bonchev–Trinajstić information content (AvgIpc) is 2.93. The monoisotopic (exact) mass is 281 g/mol. The number of carbonyl (C=O) groups is 1. The van der Waals surface area contributed by atoms with Crippen LogP contribution in [0, 0.1) is 0 Å². The van der Waals surface area contributed by atoms with Crippen molar-refractivity contribution in [2.24, 2.45) is 0 Å². The second-order valence-corrected chi connectivity index (χ2v) is 5.58. The molecule has 2 heterocycles. The maximum Gasteiger partial charge on any atom is 0.374 e. The Morgan fingerprint density at radius 3 is 3.00 bits per heavy atom. The number of pyridine rings is 1. The molecule has 1 N–H and O–H groups in total. The molecule has 0 unspecified atom stereocenters. The van der Waals surface area contributed by atoms with E-state index in [4.69, 9.17) is 4.74 Å². The fourth-order valence-electron chi connectivity index (χ4n) is 1.11. The maximum atomic E-state index is 11.4. The summed E-state index contributed by atoms with van der Waals surface area (Å²) in [5, 5.41) is 0.944. The highest BCUT2D eigenvalue weighted by Gasteiger charge is 2.08. The number of carbonyl (C=O) groups excluding carboxylic acids is 1. The summed E-state index contributed by atoms with van der Waals surface area (Å²) in [6.07, 6.45) is 4.85. The van der Waals surface area contributed by atoms with Crippen molar-refractivity contribution in [1.82, 2.24) is 15.0 Å². The number of aromatic nitrogens is 3. The van der Waals surface area contributed by atoms with E-state index < -0.39 is 5.97 Å². The molecule has 0 spiro atoms. The standard InChI is InChI=1S/C11H11N3O2S2/c15-11(10-13-5-6-14-10)16-7-8-17-18-9-3-1-2-4-12-9/h1-6H,7-8H2,(H,13,14). The highest BCUT2D eigenvalue weighted by atomic mass is 33.1. The van der Waals surface area contributed by atoms with Gasteiger partial charge in [0, 0.05) is 24.3 Å². The lowest BCUT2D eigenvalue weighted by Crippen LogP contribution is -2.09. The van der Waals surface area contributed by atoms with Crippen molar-refractivity contribution in [3.63, 3.8) is 0 Å². The molecule has 2 aromatic heterocycles. The molecule has 0 atom stereocenters. The maximum absolute atomic E-state index is 11.4. The summed E-state index contributed by atoms with van der Waals surface area (Å²) in [6, 6.07) is 5.75. The summed E-state index contributed by atoms with van der Waals surface area (Å²) < 4.78 is 5.04. The molecular formula is C11H11N3O2S2. The van der Waals surface area contributed by atoms with Crippen LogP contribution in [0.25, 0.3) is 0 Å². The van der Waals surface area contributed by atoms with E-state index in [1.54, 1.807) is 34.0 Å². The van der Waals surface area contributed by atoms with Crippen LogP contribution in [0.2, 0.25) is 0 Å². The van der Waals surface area contributed by atoms with E-state index in [0.717, 1.165) is 5.03 Å². The lowest BCUT2D eigenvalue weighted by molar-refractivity contribution is 0.0517. The highest BCUT2D eigenvalue weighted by molar-refractivity contribution is 8.76. The Bertz CT molecular complexity index is 476. The van der Waals surface area contributed by atoms with Crippen molar-refractivity contribution in [1.29, 1.82) is 0 Å². The minimum atomic E-state index is -0.427. The second-order valence-electron chi connectivity index (χ2n) is 3.15. The number of nitrogens with one attached hydrogen (secondary N) is 1. The first kappa shape index (κ1) is 13.0. The molecule has 0 amide bonds. The molecule has 7 heteroatoms. The molecule has 0 radical (unpaired) electrons. The summed E-state index contributed by atoms with van der Waals surface area (Å²) in [5.74, 6) is 0.508. The first-order valence-corrected chi connectivity index (χ1v) is 7.55. The molecular weight excluding hydrogens is 270 g/mol. The molecule has 0 saturated carbocycles. The van der Waals surface area contributed by atoms with Crippen molar-refractivity contribution in [3.05, 3.63) is 42.6 Å². The first-order chi connectivity index (χ1) is 8.86. The van der Waals surface area contributed by atoms with Crippen molar-refractivity contribution >= 4 is 27.6 Å². The number of ether oxygens (including phenoxy) is 1. The summed E-state index contributed by atoms with van der Waals surface area (Å²) >= 11 is 0. The fraction of sp³-hybridized carbons (Fsp3) is 0.182. The zero-order chi connectivity index (χ0) is 12.6. The number of hydrogen-bond acceptors (Lipinski definition) is 6. The van der Waals surface area contributed by atoms with Gasteiger partial charge in [0.25, 0.3) is 0 Å². The average molecular weight is 281 g/mol. The van der Waals surface area contributed by atoms with Crippen LogP contribution in [0.1, 0.15) is 10.6 Å². The van der Waals surface area contributed by atoms with E-state index >= 15 is 0 Å². The number of nitrogens with zero attached hydrogens (tertiary/aromatic N) is 2. The fourth-order valence-corrected chi connectivity index (χ4v) is 2.82. The van der Waals surface area contributed by atoms with Crippen molar-refractivity contribution in [2.45, 2.75) is 5.03 Å². The Morgan fingerprint density at radius 2 is 2.28 bits per heavy atom. The Balaban J connectivity index is 1.61. The molecule has 0 aromatic carbocycles. The van der Waals surface area contributed by atoms with Crippen molar-refractivity contribution in [2.75, 3.05) is 12.4 Å². The van der Waals surface area contributed by atoms with E-state index in [0.29, 0.717) is 12.4 Å². The SMILES string of the molecule is O=C(OCCSSc1ccccn1)c1ncc[nH]1. The van der Waals surface area contributed by atoms with Gasteiger partial charge in [-0.25, -0.2) is 14.8 Å². The van der Waals surface area contributed by atoms with Crippen molar-refractivity contribution < 1.29 is 9.53 Å². The zero-order valence-electron chi connectivity index (χ0n) is 9.41. The van der Waals surface area contributed by atoms with Gasteiger partial charge in [0.15, 0.2) is 0 Å². The lowest BCUT2D eigenvalue weighted by atomic mass is 10.5. The molecule has 2 aromatic rings. The van der Waals surface area contributed by atoms with Crippen LogP contribution >= 0.6 is 21.6 Å². The first-order valence-electron chi connectivity index (χ1n) is 5.23. The molecule has 0 saturated heterocycles. The van der Waals surface area contributed by atoms with E-state index in [-0.39, 0.29) is 5.82 Å². The summed E-state index contributed by atoms with van der Waals surface area (Å²) in [6.45, 7) is 0.351. The number of esters is 1. The van der Waals surface area contributed by atoms with Gasteiger partial charge in [0.05, 0.1) is 0 Å². The van der Waals surface area contributed by atoms with E-state index in [1.165, 1.54) is 6.20 Å². The number of imidazole rings is 1. The third-order valence-electron chi connectivity index (χ3n) is 1.87. The van der Waals surface area contributed by atoms with Gasteiger partial charge in [-0.05, 0) is 22.9 Å². The van der Waals surface area contributed by atoms with Gasteiger partial charge in [0.1, 0.15) is 11.6 Å². The predicted molar refractivity (Wildman–Crippen MR) is 71.4 cm³/mol. The van der Waals surface area contributed by atoms with Crippen LogP contribution in [0.5, 0.6) is 0 Å². The van der Waals surface area contributed by atoms with Crippen LogP contribution in [0.15, 0.2) is 41.8 Å². The minimum absolute atomic E-state index is 0.234. The van der Waals surface area contributed by atoms with E-state index in [2.05, 4.69) is 15.0 Å². The molecule has 0 aliphatic carbocycles. The van der Waals surface area contributed by atoms with Gasteiger partial charge < -0.3 is 9.72 Å². The van der Waals surface area contributed by atoms with Gasteiger partial charge >= 0.3 is 5.97 Å². The van der Waals surface area contributed by atoms with Gasteiger partial charge in [-0.2, -0.15) is 0 Å². The van der Waals surface area contributed by atoms with Crippen LogP contribution in [-0.4, -0.2) is 33.3 Å². The molecule has 94 valence electrons. The zero-order valence-corrected chi connectivity index (χ0v) is 11.0. The van der Waals surface area contributed by atoms with E-state index in [9.17, 15) is 4.79 Å². The predicted octanol–water partition coefficient (Wildman–Crippen LogP) is 2.40. The van der Waals surface area contributed by atoms with Gasteiger partial charge in [-0.3, -0.25) is 0 Å². The largest absolute Gasteiger partial charge is 0.459 e. The lowest BCUT2D eigenvalue weighted by Gasteiger charge is -2.02. The van der Waals surface area contributed by atoms with E-state index in [1.807, 2.05) is 18.2 Å². The quantitative estimate of drug-likeness (QED) is 0.498. The minimum Gasteiger partial charge on any atom is -0.459 e.